The number of H-pyrrole nitrogens is 2. The monoisotopic (exact) mass is 466 g/mol. The highest BCUT2D eigenvalue weighted by molar-refractivity contribution is 9.10. The first-order valence-corrected chi connectivity index (χ1v) is 10.4. The van der Waals surface area contributed by atoms with Crippen molar-refractivity contribution in [2.24, 2.45) is 0 Å². The van der Waals surface area contributed by atoms with Gasteiger partial charge in [-0.1, -0.05) is 34.1 Å². The van der Waals surface area contributed by atoms with Crippen molar-refractivity contribution in [1.82, 2.24) is 19.4 Å². The molecule has 0 saturated carbocycles. The van der Waals surface area contributed by atoms with Gasteiger partial charge in [0, 0.05) is 27.6 Å². The van der Waals surface area contributed by atoms with Gasteiger partial charge >= 0.3 is 5.69 Å². The van der Waals surface area contributed by atoms with E-state index < -0.39 is 17.3 Å². The lowest BCUT2D eigenvalue weighted by atomic mass is 9.94. The maximum absolute atomic E-state index is 12.9. The Morgan fingerprint density at radius 2 is 1.80 bits per heavy atom. The molecule has 0 saturated heterocycles. The van der Waals surface area contributed by atoms with Gasteiger partial charge in [-0.15, -0.1) is 0 Å². The zero-order chi connectivity index (χ0) is 21.0. The Bertz CT molecular complexity index is 1380. The van der Waals surface area contributed by atoms with E-state index in [4.69, 9.17) is 0 Å². The summed E-state index contributed by atoms with van der Waals surface area (Å²) in [5.74, 6) is -0.352. The predicted octanol–water partition coefficient (Wildman–Crippen LogP) is 3.05. The number of likely N-dealkylation sites (N-methyl/N-ethyl adjacent to an activating group) is 1. The van der Waals surface area contributed by atoms with E-state index in [0.29, 0.717) is 5.69 Å². The van der Waals surface area contributed by atoms with Crippen LogP contribution < -0.4 is 11.2 Å². The zero-order valence-electron chi connectivity index (χ0n) is 16.1. The minimum Gasteiger partial charge on any atom is -0.494 e. The second kappa shape index (κ2) is 7.00. The van der Waals surface area contributed by atoms with Crippen molar-refractivity contribution in [1.29, 1.82) is 0 Å². The normalized spacial score (nSPS) is 16.7. The Morgan fingerprint density at radius 3 is 2.57 bits per heavy atom. The Morgan fingerprint density at radius 1 is 1.07 bits per heavy atom. The lowest BCUT2D eigenvalue weighted by Crippen LogP contribution is -2.39. The molecule has 152 valence electrons. The van der Waals surface area contributed by atoms with Crippen LogP contribution in [0, 0.1) is 0 Å². The van der Waals surface area contributed by atoms with E-state index in [-0.39, 0.29) is 11.4 Å². The number of nitrogens with zero attached hydrogens (tertiary/aromatic N) is 2. The summed E-state index contributed by atoms with van der Waals surface area (Å²) in [6.45, 7) is 0.718. The Kier molecular flexibility index (Phi) is 4.41. The summed E-state index contributed by atoms with van der Waals surface area (Å²) < 4.78 is 1.98. The maximum atomic E-state index is 12.9. The molecule has 0 spiro atoms. The van der Waals surface area contributed by atoms with Gasteiger partial charge < -0.3 is 10.1 Å². The van der Waals surface area contributed by atoms with Crippen molar-refractivity contribution in [3.8, 4) is 11.6 Å². The summed E-state index contributed by atoms with van der Waals surface area (Å²) in [5.41, 5.74) is 2.33. The second-order valence-electron chi connectivity index (χ2n) is 7.50. The number of aromatic hydroxyl groups is 1. The third-order valence-corrected chi connectivity index (χ3v) is 6.28. The summed E-state index contributed by atoms with van der Waals surface area (Å²) in [6, 6.07) is 14.4. The molecule has 30 heavy (non-hydrogen) atoms. The van der Waals surface area contributed by atoms with Gasteiger partial charge in [-0.25, -0.2) is 9.36 Å². The molecule has 3 heterocycles. The number of nitrogens with one attached hydrogen (secondary N) is 2. The van der Waals surface area contributed by atoms with Crippen LogP contribution in [0.1, 0.15) is 22.9 Å². The number of halogens is 1. The first-order valence-electron chi connectivity index (χ1n) is 9.59. The molecule has 1 unspecified atom stereocenters. The van der Waals surface area contributed by atoms with Crippen LogP contribution in [-0.4, -0.2) is 38.1 Å². The molecular formula is C22H19BrN4O3. The molecule has 4 aromatic rings. The Labute approximate surface area is 179 Å². The van der Waals surface area contributed by atoms with Crippen molar-refractivity contribution in [3.05, 3.63) is 90.7 Å². The Hall–Kier alpha value is -3.10. The summed E-state index contributed by atoms with van der Waals surface area (Å²) in [4.78, 5) is 33.3. The van der Waals surface area contributed by atoms with Crippen molar-refractivity contribution < 1.29 is 5.11 Å². The topological polar surface area (TPSA) is 94.1 Å². The van der Waals surface area contributed by atoms with E-state index in [0.717, 1.165) is 44.2 Å². The van der Waals surface area contributed by atoms with Crippen LogP contribution in [0.3, 0.4) is 0 Å². The molecule has 2 aromatic heterocycles. The van der Waals surface area contributed by atoms with Gasteiger partial charge in [0.15, 0.2) is 0 Å². The molecule has 3 N–H and O–H groups in total. The first-order chi connectivity index (χ1) is 14.5. The quantitative estimate of drug-likeness (QED) is 0.423. The summed E-state index contributed by atoms with van der Waals surface area (Å²) in [5, 5.41) is 12.2. The summed E-state index contributed by atoms with van der Waals surface area (Å²) in [6.07, 6.45) is 0.831. The summed E-state index contributed by atoms with van der Waals surface area (Å²) >= 11 is 3.37. The van der Waals surface area contributed by atoms with Gasteiger partial charge in [0.25, 0.3) is 5.56 Å². The third kappa shape index (κ3) is 2.83. The van der Waals surface area contributed by atoms with Crippen molar-refractivity contribution in [2.45, 2.75) is 12.5 Å². The number of benzene rings is 2. The van der Waals surface area contributed by atoms with Crippen molar-refractivity contribution in [3.63, 3.8) is 0 Å². The van der Waals surface area contributed by atoms with E-state index >= 15 is 0 Å². The van der Waals surface area contributed by atoms with E-state index in [1.165, 1.54) is 0 Å². The van der Waals surface area contributed by atoms with Crippen LogP contribution in [0.5, 0.6) is 5.88 Å². The number of aromatic nitrogens is 3. The molecule has 8 heteroatoms. The number of hydrogen-bond acceptors (Lipinski definition) is 4. The number of rotatable bonds is 2. The number of para-hydroxylation sites is 1. The highest BCUT2D eigenvalue weighted by atomic mass is 79.9. The fraction of sp³-hybridized carbons (Fsp3) is 0.182. The van der Waals surface area contributed by atoms with Gasteiger partial charge in [0.05, 0.1) is 11.7 Å². The van der Waals surface area contributed by atoms with Crippen LogP contribution in [0.2, 0.25) is 0 Å². The summed E-state index contributed by atoms with van der Waals surface area (Å²) in [7, 11) is 1.91. The second-order valence-corrected chi connectivity index (χ2v) is 8.42. The largest absolute Gasteiger partial charge is 0.494 e. The maximum Gasteiger partial charge on any atom is 0.335 e. The number of aromatic amines is 2. The minimum absolute atomic E-state index is 0.146. The molecule has 0 fully saturated rings. The SMILES string of the molecule is CN1CCc2c([nH]c3ccccc23)C1c1c(O)n(-c2ccc(Br)cc2)c(=O)[nH]c1=O. The number of fused-ring (bicyclic) bond motifs is 3. The molecule has 0 radical (unpaired) electrons. The number of hydrogen-bond donors (Lipinski definition) is 3. The van der Waals surface area contributed by atoms with Crippen LogP contribution >= 0.6 is 15.9 Å². The minimum atomic E-state index is -0.682. The molecule has 5 rings (SSSR count). The molecule has 0 amide bonds. The van der Waals surface area contributed by atoms with E-state index in [9.17, 15) is 14.7 Å². The molecule has 1 atom stereocenters. The van der Waals surface area contributed by atoms with Crippen molar-refractivity contribution >= 4 is 26.8 Å². The molecular weight excluding hydrogens is 448 g/mol. The fourth-order valence-electron chi connectivity index (χ4n) is 4.34. The molecule has 2 aromatic carbocycles. The zero-order valence-corrected chi connectivity index (χ0v) is 17.7. The predicted molar refractivity (Wildman–Crippen MR) is 119 cm³/mol. The van der Waals surface area contributed by atoms with Gasteiger partial charge in [-0.2, -0.15) is 0 Å². The Balaban J connectivity index is 1.77. The highest BCUT2D eigenvalue weighted by Gasteiger charge is 2.34. The van der Waals surface area contributed by atoms with Crippen molar-refractivity contribution in [2.75, 3.05) is 13.6 Å². The van der Waals surface area contributed by atoms with Gasteiger partial charge in [0.1, 0.15) is 5.56 Å². The first kappa shape index (κ1) is 18.9. The molecule has 1 aliphatic rings. The average Bonchev–Trinajstić information content (AvgIpc) is 3.09. The highest BCUT2D eigenvalue weighted by Crippen LogP contribution is 2.39. The lowest BCUT2D eigenvalue weighted by Gasteiger charge is -2.33. The van der Waals surface area contributed by atoms with Crippen LogP contribution in [-0.2, 0) is 6.42 Å². The molecule has 0 bridgehead atoms. The van der Waals surface area contributed by atoms with Crippen LogP contribution in [0.25, 0.3) is 16.6 Å². The van der Waals surface area contributed by atoms with E-state index in [2.05, 4.69) is 32.0 Å². The fourth-order valence-corrected chi connectivity index (χ4v) is 4.61. The van der Waals surface area contributed by atoms with E-state index in [1.807, 2.05) is 30.1 Å². The van der Waals surface area contributed by atoms with Gasteiger partial charge in [0.2, 0.25) is 5.88 Å². The molecule has 7 nitrogen and oxygen atoms in total. The van der Waals surface area contributed by atoms with Gasteiger partial charge in [-0.3, -0.25) is 14.7 Å². The lowest BCUT2D eigenvalue weighted by molar-refractivity contribution is 0.252. The average molecular weight is 467 g/mol. The third-order valence-electron chi connectivity index (χ3n) is 5.75. The molecule has 1 aliphatic heterocycles. The smallest absolute Gasteiger partial charge is 0.335 e. The van der Waals surface area contributed by atoms with E-state index in [1.54, 1.807) is 24.3 Å². The standard InChI is InChI=1S/C22H19BrN4O3/c1-26-11-10-15-14-4-2-3-5-16(14)24-18(15)19(26)17-20(28)25-22(30)27(21(17)29)13-8-6-12(23)7-9-13/h2-9,19,24,29H,10-11H2,1H3,(H,25,28,30). The van der Waals surface area contributed by atoms with Gasteiger partial charge in [-0.05, 0) is 49.4 Å². The molecule has 0 aliphatic carbocycles. The van der Waals surface area contributed by atoms with Crippen LogP contribution in [0.4, 0.5) is 0 Å². The van der Waals surface area contributed by atoms with Crippen LogP contribution in [0.15, 0.2) is 62.6 Å².